The Kier molecular flexibility index (Phi) is 11.4. The van der Waals surface area contributed by atoms with Gasteiger partial charge in [-0.3, -0.25) is 9.59 Å². The number of carboxylic acids is 1. The first-order valence-corrected chi connectivity index (χ1v) is 16.2. The van der Waals surface area contributed by atoms with Crippen LogP contribution in [0.1, 0.15) is 60.8 Å². The van der Waals surface area contributed by atoms with Gasteiger partial charge in [-0.15, -0.1) is 11.8 Å². The monoisotopic (exact) mass is 625 g/mol. The van der Waals surface area contributed by atoms with Gasteiger partial charge in [0.05, 0.1) is 18.8 Å². The van der Waals surface area contributed by atoms with Crippen molar-refractivity contribution in [2.45, 2.75) is 62.7 Å². The van der Waals surface area contributed by atoms with Gasteiger partial charge in [0.15, 0.2) is 6.29 Å². The number of thioether (sulfide) groups is 1. The molecule has 8 heteroatoms. The van der Waals surface area contributed by atoms with Crippen molar-refractivity contribution < 1.29 is 29.3 Å². The predicted molar refractivity (Wildman–Crippen MR) is 175 cm³/mol. The van der Waals surface area contributed by atoms with E-state index in [-0.39, 0.29) is 43.5 Å². The molecule has 0 aromatic heterocycles. The van der Waals surface area contributed by atoms with Crippen LogP contribution in [0, 0.1) is 5.92 Å². The third-order valence-corrected chi connectivity index (χ3v) is 9.16. The van der Waals surface area contributed by atoms with E-state index in [0.717, 1.165) is 39.1 Å². The third-order valence-electron chi connectivity index (χ3n) is 8.06. The number of aliphatic hydroxyl groups is 1. The van der Waals surface area contributed by atoms with Crippen molar-refractivity contribution in [1.82, 2.24) is 5.32 Å². The summed E-state index contributed by atoms with van der Waals surface area (Å²) in [5.41, 5.74) is 5.82. The highest BCUT2D eigenvalue weighted by atomic mass is 32.2. The smallest absolute Gasteiger partial charge is 0.303 e. The normalized spacial score (nSPS) is 19.6. The highest BCUT2D eigenvalue weighted by Crippen LogP contribution is 2.43. The van der Waals surface area contributed by atoms with Crippen molar-refractivity contribution in [1.29, 1.82) is 0 Å². The molecule has 4 aromatic rings. The SMILES string of the molecule is CC1C(CSc2ccccc2)OC(c2ccc(-c3ccccc3CNC(=O)CCCC(=O)O)cc2)OC1c1ccc(CO)cc1. The lowest BCUT2D eigenvalue weighted by molar-refractivity contribution is -0.268. The summed E-state index contributed by atoms with van der Waals surface area (Å²) in [5, 5.41) is 21.3. The topological polar surface area (TPSA) is 105 Å². The molecule has 0 spiro atoms. The first-order chi connectivity index (χ1) is 21.9. The molecule has 7 nitrogen and oxygen atoms in total. The van der Waals surface area contributed by atoms with Crippen LogP contribution in [0.15, 0.2) is 108 Å². The molecule has 4 unspecified atom stereocenters. The van der Waals surface area contributed by atoms with E-state index in [0.29, 0.717) is 13.0 Å². The minimum atomic E-state index is -0.899. The van der Waals surface area contributed by atoms with Crippen LogP contribution in [0.4, 0.5) is 0 Å². The molecule has 1 heterocycles. The lowest BCUT2D eigenvalue weighted by Gasteiger charge is -2.41. The largest absolute Gasteiger partial charge is 0.481 e. The van der Waals surface area contributed by atoms with E-state index in [1.165, 1.54) is 4.90 Å². The lowest BCUT2D eigenvalue weighted by Crippen LogP contribution is -2.38. The van der Waals surface area contributed by atoms with Gasteiger partial charge in [0, 0.05) is 41.5 Å². The molecule has 234 valence electrons. The minimum Gasteiger partial charge on any atom is -0.481 e. The summed E-state index contributed by atoms with van der Waals surface area (Å²) in [5.74, 6) is -0.182. The Morgan fingerprint density at radius 1 is 0.822 bits per heavy atom. The van der Waals surface area contributed by atoms with Gasteiger partial charge >= 0.3 is 5.97 Å². The average molecular weight is 626 g/mol. The quantitative estimate of drug-likeness (QED) is 0.134. The maximum atomic E-state index is 12.3. The molecular weight excluding hydrogens is 586 g/mol. The average Bonchev–Trinajstić information content (AvgIpc) is 3.07. The summed E-state index contributed by atoms with van der Waals surface area (Å²) in [6, 6.07) is 34.3. The lowest BCUT2D eigenvalue weighted by atomic mass is 9.91. The fourth-order valence-corrected chi connectivity index (χ4v) is 6.55. The molecule has 4 aromatic carbocycles. The van der Waals surface area contributed by atoms with Gasteiger partial charge in [0.25, 0.3) is 0 Å². The number of hydrogen-bond acceptors (Lipinski definition) is 6. The van der Waals surface area contributed by atoms with Crippen molar-refractivity contribution >= 4 is 23.6 Å². The van der Waals surface area contributed by atoms with E-state index in [4.69, 9.17) is 14.6 Å². The highest BCUT2D eigenvalue weighted by Gasteiger charge is 2.38. The Morgan fingerprint density at radius 3 is 2.22 bits per heavy atom. The number of amides is 1. The number of hydrogen-bond donors (Lipinski definition) is 3. The van der Waals surface area contributed by atoms with Gasteiger partial charge in [-0.2, -0.15) is 0 Å². The Balaban J connectivity index is 1.32. The number of nitrogens with one attached hydrogen (secondary N) is 1. The molecule has 1 amide bonds. The summed E-state index contributed by atoms with van der Waals surface area (Å²) in [6.45, 7) is 2.52. The summed E-state index contributed by atoms with van der Waals surface area (Å²) < 4.78 is 13.2. The van der Waals surface area contributed by atoms with Crippen LogP contribution in [0.25, 0.3) is 11.1 Å². The molecule has 0 bridgehead atoms. The van der Waals surface area contributed by atoms with Crippen molar-refractivity contribution in [3.05, 3.63) is 125 Å². The van der Waals surface area contributed by atoms with E-state index in [1.807, 2.05) is 91.0 Å². The Morgan fingerprint density at radius 2 is 1.51 bits per heavy atom. The Labute approximate surface area is 268 Å². The summed E-state index contributed by atoms with van der Waals surface area (Å²) in [7, 11) is 0. The first kappa shape index (κ1) is 32.4. The van der Waals surface area contributed by atoms with Crippen molar-refractivity contribution in [2.75, 3.05) is 5.75 Å². The fourth-order valence-electron chi connectivity index (χ4n) is 5.46. The number of aliphatic carboxylic acids is 1. The van der Waals surface area contributed by atoms with Crippen LogP contribution < -0.4 is 5.32 Å². The molecule has 3 N–H and O–H groups in total. The zero-order valence-corrected chi connectivity index (χ0v) is 26.1. The summed E-state index contributed by atoms with van der Waals surface area (Å²) in [4.78, 5) is 24.2. The molecule has 5 rings (SSSR count). The number of carboxylic acid groups (broad SMARTS) is 1. The highest BCUT2D eigenvalue weighted by molar-refractivity contribution is 7.99. The summed E-state index contributed by atoms with van der Waals surface area (Å²) >= 11 is 1.77. The number of carbonyl (C=O) groups is 2. The zero-order valence-electron chi connectivity index (χ0n) is 25.3. The Hall–Kier alpha value is -3.95. The molecule has 45 heavy (non-hydrogen) atoms. The maximum absolute atomic E-state index is 12.3. The van der Waals surface area contributed by atoms with Crippen LogP contribution >= 0.6 is 11.8 Å². The number of carbonyl (C=O) groups excluding carboxylic acids is 1. The predicted octanol–water partition coefficient (Wildman–Crippen LogP) is 7.30. The number of benzene rings is 4. The van der Waals surface area contributed by atoms with Crippen LogP contribution in [0.2, 0.25) is 0 Å². The molecule has 0 aliphatic carbocycles. The standard InChI is InChI=1S/C37H39NO6S/c1-25-33(24-45-31-9-3-2-4-10-31)43-37(44-36(25)28-16-14-26(23-39)15-17-28)29-20-18-27(19-21-29)32-11-6-5-8-30(32)22-38-34(40)12-7-13-35(41)42/h2-6,8-11,14-21,25,33,36-37,39H,7,12-13,22-24H2,1H3,(H,38,40)(H,41,42). The van der Waals surface area contributed by atoms with Crippen LogP contribution in [-0.4, -0.2) is 33.9 Å². The number of ether oxygens (including phenoxy) is 2. The van der Waals surface area contributed by atoms with E-state index in [1.54, 1.807) is 11.8 Å². The van der Waals surface area contributed by atoms with Crippen molar-refractivity contribution in [2.24, 2.45) is 5.92 Å². The van der Waals surface area contributed by atoms with E-state index in [9.17, 15) is 14.7 Å². The zero-order chi connectivity index (χ0) is 31.6. The molecule has 0 saturated carbocycles. The second-order valence-electron chi connectivity index (χ2n) is 11.2. The minimum absolute atomic E-state index is 0.00191. The van der Waals surface area contributed by atoms with Gasteiger partial charge < -0.3 is 25.0 Å². The molecule has 4 atom stereocenters. The van der Waals surface area contributed by atoms with Gasteiger partial charge in [-0.05, 0) is 46.4 Å². The molecule has 1 aliphatic heterocycles. The molecule has 1 fully saturated rings. The Bertz CT molecular complexity index is 1540. The van der Waals surface area contributed by atoms with Crippen LogP contribution in [0.5, 0.6) is 0 Å². The van der Waals surface area contributed by atoms with Gasteiger partial charge in [0.2, 0.25) is 5.91 Å². The van der Waals surface area contributed by atoms with Gasteiger partial charge in [0.1, 0.15) is 0 Å². The summed E-state index contributed by atoms with van der Waals surface area (Å²) in [6.07, 6.45) is -0.323. The van der Waals surface area contributed by atoms with Gasteiger partial charge in [-0.1, -0.05) is 97.9 Å². The van der Waals surface area contributed by atoms with E-state index >= 15 is 0 Å². The molecule has 1 saturated heterocycles. The van der Waals surface area contributed by atoms with Gasteiger partial charge in [-0.25, -0.2) is 0 Å². The second-order valence-corrected chi connectivity index (χ2v) is 12.3. The van der Waals surface area contributed by atoms with E-state index < -0.39 is 12.3 Å². The third kappa shape index (κ3) is 8.83. The van der Waals surface area contributed by atoms with Crippen LogP contribution in [-0.2, 0) is 32.2 Å². The van der Waals surface area contributed by atoms with Crippen molar-refractivity contribution in [3.63, 3.8) is 0 Å². The first-order valence-electron chi connectivity index (χ1n) is 15.3. The number of rotatable bonds is 13. The van der Waals surface area contributed by atoms with Crippen molar-refractivity contribution in [3.8, 4) is 11.1 Å². The molecule has 1 aliphatic rings. The maximum Gasteiger partial charge on any atom is 0.303 e. The number of aliphatic hydroxyl groups excluding tert-OH is 1. The fraction of sp³-hybridized carbons (Fsp3) is 0.297. The van der Waals surface area contributed by atoms with E-state index in [2.05, 4.69) is 24.4 Å². The molecule has 0 radical (unpaired) electrons. The second kappa shape index (κ2) is 15.9. The molecular formula is C37H39NO6S. The van der Waals surface area contributed by atoms with Crippen LogP contribution in [0.3, 0.4) is 0 Å².